The van der Waals surface area contributed by atoms with Crippen LogP contribution in [0.1, 0.15) is 30.0 Å². The summed E-state index contributed by atoms with van der Waals surface area (Å²) < 4.78 is 6.73. The standard InChI is InChI=1S/C14H16BrNO/c1-9-7-8-14(17-9)11(3)16-13-6-4-5-12(15)10(13)2/h4-8,11,16H,1-3H3. The Labute approximate surface area is 110 Å². The smallest absolute Gasteiger partial charge is 0.126 e. The van der Waals surface area contributed by atoms with Crippen molar-refractivity contribution in [1.82, 2.24) is 0 Å². The molecule has 0 aliphatic heterocycles. The summed E-state index contributed by atoms with van der Waals surface area (Å²) in [7, 11) is 0. The number of rotatable bonds is 3. The largest absolute Gasteiger partial charge is 0.464 e. The highest BCUT2D eigenvalue weighted by Gasteiger charge is 2.10. The third kappa shape index (κ3) is 2.72. The van der Waals surface area contributed by atoms with Crippen LogP contribution in [0.2, 0.25) is 0 Å². The maximum Gasteiger partial charge on any atom is 0.126 e. The van der Waals surface area contributed by atoms with Crippen molar-refractivity contribution in [2.45, 2.75) is 26.8 Å². The Morgan fingerprint density at radius 2 is 1.94 bits per heavy atom. The second kappa shape index (κ2) is 4.96. The van der Waals surface area contributed by atoms with Crippen LogP contribution in [0, 0.1) is 13.8 Å². The quantitative estimate of drug-likeness (QED) is 0.877. The van der Waals surface area contributed by atoms with Gasteiger partial charge in [-0.2, -0.15) is 0 Å². The number of furan rings is 1. The topological polar surface area (TPSA) is 25.2 Å². The van der Waals surface area contributed by atoms with Crippen molar-refractivity contribution in [2.75, 3.05) is 5.32 Å². The van der Waals surface area contributed by atoms with Gasteiger partial charge in [0.15, 0.2) is 0 Å². The van der Waals surface area contributed by atoms with Crippen LogP contribution in [0.25, 0.3) is 0 Å². The minimum atomic E-state index is 0.164. The Morgan fingerprint density at radius 3 is 2.59 bits per heavy atom. The van der Waals surface area contributed by atoms with Crippen molar-refractivity contribution in [3.05, 3.63) is 51.9 Å². The number of nitrogens with one attached hydrogen (secondary N) is 1. The average Bonchev–Trinajstić information content (AvgIpc) is 2.72. The number of benzene rings is 1. The molecule has 0 spiro atoms. The highest BCUT2D eigenvalue weighted by Crippen LogP contribution is 2.27. The molecule has 0 saturated heterocycles. The van der Waals surface area contributed by atoms with Crippen LogP contribution in [-0.4, -0.2) is 0 Å². The molecule has 0 amide bonds. The van der Waals surface area contributed by atoms with Crippen LogP contribution >= 0.6 is 15.9 Å². The molecule has 0 aliphatic carbocycles. The summed E-state index contributed by atoms with van der Waals surface area (Å²) >= 11 is 3.53. The van der Waals surface area contributed by atoms with Crippen LogP contribution in [0.5, 0.6) is 0 Å². The van der Waals surface area contributed by atoms with Crippen LogP contribution in [0.4, 0.5) is 5.69 Å². The SMILES string of the molecule is Cc1ccc(C(C)Nc2cccc(Br)c2C)o1. The number of hydrogen-bond donors (Lipinski definition) is 1. The predicted molar refractivity (Wildman–Crippen MR) is 74.4 cm³/mol. The third-order valence-corrected chi connectivity index (χ3v) is 3.69. The Morgan fingerprint density at radius 1 is 1.18 bits per heavy atom. The fraction of sp³-hybridized carbons (Fsp3) is 0.286. The number of halogens is 1. The van der Waals surface area contributed by atoms with E-state index in [1.807, 2.05) is 31.2 Å². The highest BCUT2D eigenvalue weighted by molar-refractivity contribution is 9.10. The number of hydrogen-bond acceptors (Lipinski definition) is 2. The molecule has 0 radical (unpaired) electrons. The molecule has 0 fully saturated rings. The fourth-order valence-corrected chi connectivity index (χ4v) is 2.12. The Kier molecular flexibility index (Phi) is 3.57. The van der Waals surface area contributed by atoms with Crippen LogP contribution < -0.4 is 5.32 Å². The van der Waals surface area contributed by atoms with Crippen molar-refractivity contribution in [2.24, 2.45) is 0 Å². The molecule has 1 aromatic carbocycles. The Hall–Kier alpha value is -1.22. The van der Waals surface area contributed by atoms with Gasteiger partial charge in [-0.25, -0.2) is 0 Å². The predicted octanol–water partition coefficient (Wildman–Crippen LogP) is 4.83. The molecule has 0 aliphatic rings. The normalized spacial score (nSPS) is 12.5. The van der Waals surface area contributed by atoms with Crippen LogP contribution in [0.15, 0.2) is 39.2 Å². The van der Waals surface area contributed by atoms with Gasteiger partial charge in [0.25, 0.3) is 0 Å². The molecule has 1 heterocycles. The van der Waals surface area contributed by atoms with E-state index in [0.29, 0.717) is 0 Å². The first-order valence-electron chi connectivity index (χ1n) is 5.66. The van der Waals surface area contributed by atoms with Gasteiger partial charge >= 0.3 is 0 Å². The summed E-state index contributed by atoms with van der Waals surface area (Å²) in [5, 5.41) is 3.46. The summed E-state index contributed by atoms with van der Waals surface area (Å²) in [5.41, 5.74) is 2.34. The summed E-state index contributed by atoms with van der Waals surface area (Å²) in [6.07, 6.45) is 0. The van der Waals surface area contributed by atoms with E-state index in [1.165, 1.54) is 5.56 Å². The van der Waals surface area contributed by atoms with Crippen molar-refractivity contribution in [3.8, 4) is 0 Å². The molecule has 1 atom stereocenters. The third-order valence-electron chi connectivity index (χ3n) is 2.83. The number of anilines is 1. The first-order chi connectivity index (χ1) is 8.08. The first kappa shape index (κ1) is 12.2. The lowest BCUT2D eigenvalue weighted by Gasteiger charge is -2.15. The molecule has 90 valence electrons. The molecule has 2 nitrogen and oxygen atoms in total. The van der Waals surface area contributed by atoms with E-state index in [4.69, 9.17) is 4.42 Å². The average molecular weight is 294 g/mol. The van der Waals surface area contributed by atoms with Gasteiger partial charge in [0.05, 0.1) is 6.04 Å². The molecule has 17 heavy (non-hydrogen) atoms. The zero-order chi connectivity index (χ0) is 12.4. The Balaban J connectivity index is 2.18. The second-order valence-electron chi connectivity index (χ2n) is 4.23. The minimum Gasteiger partial charge on any atom is -0.464 e. The van der Waals surface area contributed by atoms with E-state index < -0.39 is 0 Å². The van der Waals surface area contributed by atoms with Crippen molar-refractivity contribution < 1.29 is 4.42 Å². The lowest BCUT2D eigenvalue weighted by atomic mass is 10.1. The summed E-state index contributed by atoms with van der Waals surface area (Å²) in [4.78, 5) is 0. The fourth-order valence-electron chi connectivity index (χ4n) is 1.75. The van der Waals surface area contributed by atoms with E-state index >= 15 is 0 Å². The zero-order valence-corrected chi connectivity index (χ0v) is 11.8. The van der Waals surface area contributed by atoms with Crippen molar-refractivity contribution >= 4 is 21.6 Å². The zero-order valence-electron chi connectivity index (χ0n) is 10.3. The van der Waals surface area contributed by atoms with E-state index in [0.717, 1.165) is 21.7 Å². The van der Waals surface area contributed by atoms with Gasteiger partial charge in [-0.15, -0.1) is 0 Å². The van der Waals surface area contributed by atoms with Gasteiger partial charge in [-0.05, 0) is 50.6 Å². The lowest BCUT2D eigenvalue weighted by Crippen LogP contribution is -2.06. The van der Waals surface area contributed by atoms with Gasteiger partial charge in [-0.1, -0.05) is 22.0 Å². The van der Waals surface area contributed by atoms with Crippen LogP contribution in [0.3, 0.4) is 0 Å². The molecule has 2 aromatic rings. The maximum absolute atomic E-state index is 5.61. The van der Waals surface area contributed by atoms with Crippen LogP contribution in [-0.2, 0) is 0 Å². The van der Waals surface area contributed by atoms with E-state index in [9.17, 15) is 0 Å². The lowest BCUT2D eigenvalue weighted by molar-refractivity contribution is 0.467. The van der Waals surface area contributed by atoms with Gasteiger partial charge in [0.2, 0.25) is 0 Å². The molecule has 0 bridgehead atoms. The molecule has 1 N–H and O–H groups in total. The second-order valence-corrected chi connectivity index (χ2v) is 5.08. The molecule has 2 rings (SSSR count). The highest BCUT2D eigenvalue weighted by atomic mass is 79.9. The molecular formula is C14H16BrNO. The maximum atomic E-state index is 5.61. The van der Waals surface area contributed by atoms with Gasteiger partial charge < -0.3 is 9.73 Å². The van der Waals surface area contributed by atoms with Gasteiger partial charge in [0, 0.05) is 10.2 Å². The molecule has 1 unspecified atom stereocenters. The Bertz CT molecular complexity index is 519. The summed E-state index contributed by atoms with van der Waals surface area (Å²) in [6.45, 7) is 6.14. The summed E-state index contributed by atoms with van der Waals surface area (Å²) in [6, 6.07) is 10.3. The van der Waals surface area contributed by atoms with Crippen molar-refractivity contribution in [1.29, 1.82) is 0 Å². The molecule has 0 saturated carbocycles. The monoisotopic (exact) mass is 293 g/mol. The van der Waals surface area contributed by atoms with Gasteiger partial charge in [0.1, 0.15) is 11.5 Å². The van der Waals surface area contributed by atoms with E-state index in [1.54, 1.807) is 0 Å². The summed E-state index contributed by atoms with van der Waals surface area (Å²) in [5.74, 6) is 1.90. The van der Waals surface area contributed by atoms with Gasteiger partial charge in [-0.3, -0.25) is 0 Å². The van der Waals surface area contributed by atoms with Crippen molar-refractivity contribution in [3.63, 3.8) is 0 Å². The first-order valence-corrected chi connectivity index (χ1v) is 6.45. The molecular weight excluding hydrogens is 278 g/mol. The number of aryl methyl sites for hydroxylation is 1. The van der Waals surface area contributed by atoms with E-state index in [2.05, 4.69) is 41.2 Å². The van der Waals surface area contributed by atoms with E-state index in [-0.39, 0.29) is 6.04 Å². The molecule has 3 heteroatoms. The molecule has 1 aromatic heterocycles. The minimum absolute atomic E-state index is 0.164.